The van der Waals surface area contributed by atoms with Crippen molar-refractivity contribution in [2.24, 2.45) is 0 Å². The Morgan fingerprint density at radius 1 is 1.29 bits per heavy atom. The van der Waals surface area contributed by atoms with Crippen LogP contribution in [0.15, 0.2) is 24.3 Å². The van der Waals surface area contributed by atoms with Crippen LogP contribution in [0.4, 0.5) is 4.79 Å². The van der Waals surface area contributed by atoms with Gasteiger partial charge in [0.1, 0.15) is 5.75 Å². The number of ether oxygens (including phenoxy) is 1. The molecule has 0 aromatic heterocycles. The molecule has 1 fully saturated rings. The molecule has 17 heavy (non-hydrogen) atoms. The standard InChI is InChI=1S/C12H13NO3S/c1-7(10-11(14)13-12(15)17-10)8-3-5-9(16-2)6-4-8/h3-7,10H,1-2H3,(H,13,14,15). The summed E-state index contributed by atoms with van der Waals surface area (Å²) in [6.07, 6.45) is 0. The number of benzene rings is 1. The largest absolute Gasteiger partial charge is 0.497 e. The number of rotatable bonds is 3. The topological polar surface area (TPSA) is 55.4 Å². The van der Waals surface area contributed by atoms with E-state index in [4.69, 9.17) is 4.74 Å². The molecule has 2 unspecified atom stereocenters. The van der Waals surface area contributed by atoms with Crippen LogP contribution in [0.5, 0.6) is 5.75 Å². The van der Waals surface area contributed by atoms with Gasteiger partial charge in [0.2, 0.25) is 5.91 Å². The number of imide groups is 1. The monoisotopic (exact) mass is 251 g/mol. The van der Waals surface area contributed by atoms with E-state index in [0.717, 1.165) is 23.1 Å². The predicted octanol–water partition coefficient (Wildman–Crippen LogP) is 2.15. The molecule has 1 N–H and O–H groups in total. The number of nitrogens with one attached hydrogen (secondary N) is 1. The smallest absolute Gasteiger partial charge is 0.286 e. The number of carbonyl (C=O) groups is 2. The second-order valence-electron chi connectivity index (χ2n) is 3.88. The van der Waals surface area contributed by atoms with Crippen LogP contribution >= 0.6 is 11.8 Å². The third kappa shape index (κ3) is 2.44. The SMILES string of the molecule is COc1ccc(C(C)C2SC(=O)NC2=O)cc1. The van der Waals surface area contributed by atoms with Crippen LogP contribution in [-0.4, -0.2) is 23.5 Å². The van der Waals surface area contributed by atoms with E-state index in [1.54, 1.807) is 7.11 Å². The van der Waals surface area contributed by atoms with Crippen LogP contribution in [0.2, 0.25) is 0 Å². The number of hydrogen-bond acceptors (Lipinski definition) is 4. The average molecular weight is 251 g/mol. The summed E-state index contributed by atoms with van der Waals surface area (Å²) in [5, 5.41) is 1.70. The highest BCUT2D eigenvalue weighted by atomic mass is 32.2. The van der Waals surface area contributed by atoms with Crippen molar-refractivity contribution < 1.29 is 14.3 Å². The van der Waals surface area contributed by atoms with Crippen LogP contribution in [-0.2, 0) is 4.79 Å². The quantitative estimate of drug-likeness (QED) is 0.894. The Morgan fingerprint density at radius 2 is 1.94 bits per heavy atom. The van der Waals surface area contributed by atoms with E-state index in [1.165, 1.54) is 0 Å². The van der Waals surface area contributed by atoms with E-state index in [1.807, 2.05) is 31.2 Å². The minimum atomic E-state index is -0.337. The van der Waals surface area contributed by atoms with Gasteiger partial charge in [-0.3, -0.25) is 14.9 Å². The highest BCUT2D eigenvalue weighted by Crippen LogP contribution is 2.33. The summed E-state index contributed by atoms with van der Waals surface area (Å²) in [6, 6.07) is 7.54. The van der Waals surface area contributed by atoms with Crippen LogP contribution in [0.25, 0.3) is 0 Å². The van der Waals surface area contributed by atoms with Crippen LogP contribution in [0.1, 0.15) is 18.4 Å². The van der Waals surface area contributed by atoms with Crippen molar-refractivity contribution in [1.82, 2.24) is 5.32 Å². The molecule has 0 aliphatic carbocycles. The molecule has 5 heteroatoms. The minimum Gasteiger partial charge on any atom is -0.497 e. The molecule has 2 rings (SSSR count). The lowest BCUT2D eigenvalue weighted by Crippen LogP contribution is -2.27. The van der Waals surface area contributed by atoms with Gasteiger partial charge in [-0.2, -0.15) is 0 Å². The first kappa shape index (κ1) is 12.0. The summed E-state index contributed by atoms with van der Waals surface area (Å²) in [4.78, 5) is 22.7. The van der Waals surface area contributed by atoms with Crippen molar-refractivity contribution in [2.75, 3.05) is 7.11 Å². The van der Waals surface area contributed by atoms with Gasteiger partial charge < -0.3 is 4.74 Å². The predicted molar refractivity (Wildman–Crippen MR) is 66.3 cm³/mol. The van der Waals surface area contributed by atoms with E-state index >= 15 is 0 Å². The molecular formula is C12H13NO3S. The molecule has 0 spiro atoms. The minimum absolute atomic E-state index is 0.00245. The number of carbonyl (C=O) groups excluding carboxylic acids is 2. The Morgan fingerprint density at radius 3 is 2.41 bits per heavy atom. The molecule has 90 valence electrons. The zero-order valence-electron chi connectivity index (χ0n) is 9.60. The van der Waals surface area contributed by atoms with Gasteiger partial charge in [-0.05, 0) is 17.7 Å². The number of amides is 2. The second kappa shape index (κ2) is 4.79. The number of hydrogen-bond donors (Lipinski definition) is 1. The molecule has 1 heterocycles. The van der Waals surface area contributed by atoms with E-state index < -0.39 is 0 Å². The Balaban J connectivity index is 2.16. The van der Waals surface area contributed by atoms with Gasteiger partial charge in [-0.15, -0.1) is 0 Å². The van der Waals surface area contributed by atoms with E-state index in [2.05, 4.69) is 5.32 Å². The van der Waals surface area contributed by atoms with E-state index in [9.17, 15) is 9.59 Å². The lowest BCUT2D eigenvalue weighted by atomic mass is 9.97. The summed E-state index contributed by atoms with van der Waals surface area (Å²) >= 11 is 1.06. The first-order valence-corrected chi connectivity index (χ1v) is 6.15. The zero-order valence-corrected chi connectivity index (χ0v) is 10.4. The fourth-order valence-electron chi connectivity index (χ4n) is 1.78. The maximum atomic E-state index is 11.5. The third-order valence-corrected chi connectivity index (χ3v) is 4.01. The normalized spacial score (nSPS) is 21.2. The Hall–Kier alpha value is -1.49. The third-order valence-electron chi connectivity index (χ3n) is 2.81. The van der Waals surface area contributed by atoms with Crippen LogP contribution in [0, 0.1) is 0 Å². The van der Waals surface area contributed by atoms with Crippen molar-refractivity contribution in [3.05, 3.63) is 29.8 Å². The summed E-state index contributed by atoms with van der Waals surface area (Å²) in [5.41, 5.74) is 1.02. The first-order valence-electron chi connectivity index (χ1n) is 5.27. The van der Waals surface area contributed by atoms with Gasteiger partial charge in [0.25, 0.3) is 5.24 Å². The fourth-order valence-corrected chi connectivity index (χ4v) is 2.70. The second-order valence-corrected chi connectivity index (χ2v) is 4.99. The zero-order chi connectivity index (χ0) is 12.4. The fraction of sp³-hybridized carbons (Fsp3) is 0.333. The van der Waals surface area contributed by atoms with Crippen LogP contribution in [0.3, 0.4) is 0 Å². The van der Waals surface area contributed by atoms with Crippen molar-refractivity contribution in [3.8, 4) is 5.75 Å². The summed E-state index contributed by atoms with van der Waals surface area (Å²) in [5.74, 6) is 0.571. The summed E-state index contributed by atoms with van der Waals surface area (Å²) in [6.45, 7) is 1.94. The average Bonchev–Trinajstić information content (AvgIpc) is 2.68. The molecule has 4 nitrogen and oxygen atoms in total. The summed E-state index contributed by atoms with van der Waals surface area (Å²) < 4.78 is 5.07. The lowest BCUT2D eigenvalue weighted by Gasteiger charge is -2.15. The Labute approximate surface area is 104 Å². The van der Waals surface area contributed by atoms with E-state index in [0.29, 0.717) is 0 Å². The highest BCUT2D eigenvalue weighted by Gasteiger charge is 2.36. The molecule has 1 aliphatic rings. The molecule has 0 saturated carbocycles. The highest BCUT2D eigenvalue weighted by molar-refractivity contribution is 8.15. The van der Waals surface area contributed by atoms with Crippen molar-refractivity contribution >= 4 is 22.9 Å². The molecule has 0 radical (unpaired) electrons. The molecule has 1 aromatic rings. The maximum absolute atomic E-state index is 11.5. The Bertz CT molecular complexity index is 444. The number of methoxy groups -OCH3 is 1. The van der Waals surface area contributed by atoms with Gasteiger partial charge in [-0.1, -0.05) is 30.8 Å². The van der Waals surface area contributed by atoms with Gasteiger partial charge in [0, 0.05) is 5.92 Å². The molecule has 2 amide bonds. The van der Waals surface area contributed by atoms with Gasteiger partial charge >= 0.3 is 0 Å². The van der Waals surface area contributed by atoms with Crippen molar-refractivity contribution in [3.63, 3.8) is 0 Å². The van der Waals surface area contributed by atoms with Crippen LogP contribution < -0.4 is 10.1 Å². The molecule has 2 atom stereocenters. The summed E-state index contributed by atoms with van der Waals surface area (Å²) in [7, 11) is 1.61. The number of thioether (sulfide) groups is 1. The molecule has 0 bridgehead atoms. The van der Waals surface area contributed by atoms with Gasteiger partial charge in [0.15, 0.2) is 0 Å². The van der Waals surface area contributed by atoms with Gasteiger partial charge in [-0.25, -0.2) is 0 Å². The maximum Gasteiger partial charge on any atom is 0.286 e. The lowest BCUT2D eigenvalue weighted by molar-refractivity contribution is -0.119. The Kier molecular flexibility index (Phi) is 3.38. The molecule has 1 saturated heterocycles. The first-order chi connectivity index (χ1) is 8.11. The van der Waals surface area contributed by atoms with Gasteiger partial charge in [0.05, 0.1) is 12.4 Å². The van der Waals surface area contributed by atoms with Crippen molar-refractivity contribution in [2.45, 2.75) is 18.1 Å². The molecular weight excluding hydrogens is 238 g/mol. The van der Waals surface area contributed by atoms with E-state index in [-0.39, 0.29) is 22.3 Å². The molecule has 1 aliphatic heterocycles. The van der Waals surface area contributed by atoms with Crippen molar-refractivity contribution in [1.29, 1.82) is 0 Å². The molecule has 1 aromatic carbocycles.